The standard InChI is InChI=1S/C11H11FO3.C2H6/c1-2-15-11(14)7-10(13)8-5-3-4-6-9(8)12;1-2/h3-6H,2,7H2,1H3;1-2H3. The van der Waals surface area contributed by atoms with E-state index in [1.54, 1.807) is 13.0 Å². The predicted molar refractivity (Wildman–Crippen MR) is 63.3 cm³/mol. The van der Waals surface area contributed by atoms with Crippen molar-refractivity contribution >= 4 is 11.8 Å². The van der Waals surface area contributed by atoms with Gasteiger partial charge in [0.1, 0.15) is 12.2 Å². The molecule has 1 rings (SSSR count). The Morgan fingerprint density at radius 2 is 1.82 bits per heavy atom. The maximum atomic E-state index is 13.1. The Bertz CT molecular complexity index is 375. The molecule has 0 fully saturated rings. The van der Waals surface area contributed by atoms with Crippen LogP contribution in [0.3, 0.4) is 0 Å². The fourth-order valence-corrected chi connectivity index (χ4v) is 1.13. The van der Waals surface area contributed by atoms with Crippen LogP contribution in [0.5, 0.6) is 0 Å². The first-order valence-corrected chi connectivity index (χ1v) is 5.58. The normalized spacial score (nSPS) is 8.94. The maximum absolute atomic E-state index is 13.1. The van der Waals surface area contributed by atoms with Gasteiger partial charge >= 0.3 is 5.97 Å². The summed E-state index contributed by atoms with van der Waals surface area (Å²) in [6.07, 6.45) is -0.422. The molecule has 0 amide bonds. The second-order valence-corrected chi connectivity index (χ2v) is 2.88. The third-order valence-corrected chi connectivity index (χ3v) is 1.78. The van der Waals surface area contributed by atoms with E-state index in [-0.39, 0.29) is 12.2 Å². The highest BCUT2D eigenvalue weighted by Crippen LogP contribution is 2.09. The van der Waals surface area contributed by atoms with Crippen molar-refractivity contribution in [2.24, 2.45) is 0 Å². The molecule has 0 saturated carbocycles. The van der Waals surface area contributed by atoms with Gasteiger partial charge in [0.05, 0.1) is 12.2 Å². The van der Waals surface area contributed by atoms with Gasteiger partial charge in [0.2, 0.25) is 0 Å². The van der Waals surface area contributed by atoms with Crippen molar-refractivity contribution in [3.05, 3.63) is 35.6 Å². The number of esters is 1. The summed E-state index contributed by atoms with van der Waals surface area (Å²) >= 11 is 0. The van der Waals surface area contributed by atoms with Crippen molar-refractivity contribution in [3.63, 3.8) is 0 Å². The van der Waals surface area contributed by atoms with Gasteiger partial charge in [-0.3, -0.25) is 9.59 Å². The lowest BCUT2D eigenvalue weighted by Crippen LogP contribution is -2.12. The molecule has 0 N–H and O–H groups in total. The van der Waals surface area contributed by atoms with Crippen molar-refractivity contribution in [3.8, 4) is 0 Å². The number of hydrogen-bond acceptors (Lipinski definition) is 3. The van der Waals surface area contributed by atoms with Crippen LogP contribution in [0.4, 0.5) is 4.39 Å². The summed E-state index contributed by atoms with van der Waals surface area (Å²) in [4.78, 5) is 22.4. The topological polar surface area (TPSA) is 43.4 Å². The zero-order valence-electron chi connectivity index (χ0n) is 10.3. The van der Waals surface area contributed by atoms with E-state index < -0.39 is 24.0 Å². The van der Waals surface area contributed by atoms with Crippen molar-refractivity contribution in [1.82, 2.24) is 0 Å². The quantitative estimate of drug-likeness (QED) is 0.461. The Balaban J connectivity index is 0.00000121. The van der Waals surface area contributed by atoms with Crippen LogP contribution < -0.4 is 0 Å². The molecule has 0 aromatic heterocycles. The maximum Gasteiger partial charge on any atom is 0.313 e. The Kier molecular flexibility index (Phi) is 7.59. The van der Waals surface area contributed by atoms with E-state index in [0.717, 1.165) is 0 Å². The first kappa shape index (κ1) is 15.3. The van der Waals surface area contributed by atoms with Gasteiger partial charge in [-0.15, -0.1) is 0 Å². The van der Waals surface area contributed by atoms with Gasteiger partial charge in [0.15, 0.2) is 5.78 Å². The molecule has 0 bridgehead atoms. The van der Waals surface area contributed by atoms with Crippen LogP contribution in [0.15, 0.2) is 24.3 Å². The van der Waals surface area contributed by atoms with E-state index in [2.05, 4.69) is 4.74 Å². The minimum Gasteiger partial charge on any atom is -0.466 e. The van der Waals surface area contributed by atoms with Gasteiger partial charge in [-0.1, -0.05) is 26.0 Å². The lowest BCUT2D eigenvalue weighted by Gasteiger charge is -2.02. The first-order valence-electron chi connectivity index (χ1n) is 5.58. The van der Waals surface area contributed by atoms with Crippen LogP contribution >= 0.6 is 0 Å². The lowest BCUT2D eigenvalue weighted by molar-refractivity contribution is -0.141. The van der Waals surface area contributed by atoms with Gasteiger partial charge < -0.3 is 4.74 Å². The van der Waals surface area contributed by atoms with E-state index >= 15 is 0 Å². The van der Waals surface area contributed by atoms with Gasteiger partial charge in [0.25, 0.3) is 0 Å². The number of ketones is 1. The summed E-state index contributed by atoms with van der Waals surface area (Å²) < 4.78 is 17.7. The second kappa shape index (κ2) is 8.44. The molecule has 0 spiro atoms. The molecule has 0 unspecified atom stereocenters. The Morgan fingerprint density at radius 3 is 2.35 bits per heavy atom. The van der Waals surface area contributed by atoms with Gasteiger partial charge in [-0.05, 0) is 19.1 Å². The fraction of sp³-hybridized carbons (Fsp3) is 0.385. The molecule has 0 aliphatic rings. The Morgan fingerprint density at radius 1 is 1.24 bits per heavy atom. The van der Waals surface area contributed by atoms with Gasteiger partial charge in [0, 0.05) is 0 Å². The monoisotopic (exact) mass is 240 g/mol. The molecular formula is C13H17FO3. The average Bonchev–Trinajstić information content (AvgIpc) is 2.32. The molecule has 0 radical (unpaired) electrons. The third-order valence-electron chi connectivity index (χ3n) is 1.78. The molecule has 0 saturated heterocycles. The van der Waals surface area contributed by atoms with Crippen LogP contribution in [-0.4, -0.2) is 18.4 Å². The molecule has 0 aliphatic heterocycles. The number of halogens is 1. The minimum atomic E-state index is -0.634. The number of carbonyl (C=O) groups is 2. The summed E-state index contributed by atoms with van der Waals surface area (Å²) in [6, 6.07) is 5.55. The van der Waals surface area contributed by atoms with Crippen molar-refractivity contribution in [2.45, 2.75) is 27.2 Å². The fourth-order valence-electron chi connectivity index (χ4n) is 1.13. The summed E-state index contributed by atoms with van der Waals surface area (Å²) in [6.45, 7) is 5.86. The summed E-state index contributed by atoms with van der Waals surface area (Å²) in [7, 11) is 0. The zero-order chi connectivity index (χ0) is 13.3. The SMILES string of the molecule is CC.CCOC(=O)CC(=O)c1ccccc1F. The highest BCUT2D eigenvalue weighted by Gasteiger charge is 2.15. The molecule has 94 valence electrons. The number of ether oxygens (including phenoxy) is 1. The van der Waals surface area contributed by atoms with E-state index in [1.807, 2.05) is 13.8 Å². The first-order chi connectivity index (χ1) is 8.15. The molecule has 0 aliphatic carbocycles. The number of Topliss-reactive ketones (excluding diaryl/α,β-unsaturated/α-hetero) is 1. The van der Waals surface area contributed by atoms with Crippen molar-refractivity contribution < 1.29 is 18.7 Å². The van der Waals surface area contributed by atoms with Crippen LogP contribution in [-0.2, 0) is 9.53 Å². The molecule has 17 heavy (non-hydrogen) atoms. The summed E-state index contributed by atoms with van der Waals surface area (Å²) in [5.74, 6) is -1.82. The number of benzene rings is 1. The largest absolute Gasteiger partial charge is 0.466 e. The number of hydrogen-bond donors (Lipinski definition) is 0. The zero-order valence-corrected chi connectivity index (χ0v) is 10.3. The van der Waals surface area contributed by atoms with Crippen molar-refractivity contribution in [2.75, 3.05) is 6.61 Å². The molecule has 4 heteroatoms. The van der Waals surface area contributed by atoms with Gasteiger partial charge in [-0.2, -0.15) is 0 Å². The van der Waals surface area contributed by atoms with Gasteiger partial charge in [-0.25, -0.2) is 4.39 Å². The molecule has 1 aromatic rings. The molecule has 0 heterocycles. The highest BCUT2D eigenvalue weighted by molar-refractivity contribution is 6.06. The molecule has 0 atom stereocenters. The van der Waals surface area contributed by atoms with Crippen molar-refractivity contribution in [1.29, 1.82) is 0 Å². The predicted octanol–water partition coefficient (Wildman–Crippen LogP) is 2.99. The number of rotatable bonds is 4. The third kappa shape index (κ3) is 5.24. The second-order valence-electron chi connectivity index (χ2n) is 2.88. The van der Waals surface area contributed by atoms with Crippen LogP contribution in [0, 0.1) is 5.82 Å². The summed E-state index contributed by atoms with van der Waals surface area (Å²) in [5, 5.41) is 0. The molecular weight excluding hydrogens is 223 g/mol. The minimum absolute atomic E-state index is 0.0782. The highest BCUT2D eigenvalue weighted by atomic mass is 19.1. The van der Waals surface area contributed by atoms with E-state index in [0.29, 0.717) is 0 Å². The average molecular weight is 240 g/mol. The van der Waals surface area contributed by atoms with E-state index in [9.17, 15) is 14.0 Å². The number of carbonyl (C=O) groups excluding carboxylic acids is 2. The van der Waals surface area contributed by atoms with E-state index in [4.69, 9.17) is 0 Å². The van der Waals surface area contributed by atoms with Crippen LogP contribution in [0.25, 0.3) is 0 Å². The van der Waals surface area contributed by atoms with Crippen LogP contribution in [0.2, 0.25) is 0 Å². The Hall–Kier alpha value is -1.71. The van der Waals surface area contributed by atoms with Crippen LogP contribution in [0.1, 0.15) is 37.6 Å². The Labute approximate surface area is 101 Å². The van der Waals surface area contributed by atoms with E-state index in [1.165, 1.54) is 18.2 Å². The molecule has 1 aromatic carbocycles. The smallest absolute Gasteiger partial charge is 0.313 e. The summed E-state index contributed by atoms with van der Waals surface area (Å²) in [5.41, 5.74) is -0.0782. The molecule has 3 nitrogen and oxygen atoms in total. The lowest BCUT2D eigenvalue weighted by atomic mass is 10.1.